The standard InChI is InChI=1S/C16H18N2O4S/c1-22-12-6-2-10(3-7-12)9-18(11-4-5-11)14(19)8-13-15(20)17-16(21)23-13/h2-3,6-7,11,13H,4-5,8-9H2,1H3,(H,17,20,21)/t13-/m1/s1. The van der Waals surface area contributed by atoms with E-state index < -0.39 is 5.25 Å². The third kappa shape index (κ3) is 3.85. The summed E-state index contributed by atoms with van der Waals surface area (Å²) in [6.07, 6.45) is 2.05. The molecule has 1 aromatic carbocycles. The van der Waals surface area contributed by atoms with Crippen LogP contribution in [0.3, 0.4) is 0 Å². The molecule has 1 atom stereocenters. The molecule has 0 radical (unpaired) electrons. The molecule has 0 aromatic heterocycles. The molecule has 1 saturated carbocycles. The van der Waals surface area contributed by atoms with Gasteiger partial charge in [0.25, 0.3) is 5.24 Å². The number of thioether (sulfide) groups is 1. The quantitative estimate of drug-likeness (QED) is 0.860. The highest BCUT2D eigenvalue weighted by Crippen LogP contribution is 2.31. The molecule has 23 heavy (non-hydrogen) atoms. The van der Waals surface area contributed by atoms with Crippen molar-refractivity contribution >= 4 is 28.8 Å². The van der Waals surface area contributed by atoms with Crippen LogP contribution in [-0.2, 0) is 16.1 Å². The number of hydrogen-bond donors (Lipinski definition) is 1. The van der Waals surface area contributed by atoms with E-state index in [-0.39, 0.29) is 29.5 Å². The molecule has 0 unspecified atom stereocenters. The maximum atomic E-state index is 12.6. The summed E-state index contributed by atoms with van der Waals surface area (Å²) < 4.78 is 5.13. The van der Waals surface area contributed by atoms with Gasteiger partial charge in [0.05, 0.1) is 7.11 Å². The first kappa shape index (κ1) is 15.9. The van der Waals surface area contributed by atoms with Crippen molar-refractivity contribution in [2.75, 3.05) is 7.11 Å². The van der Waals surface area contributed by atoms with Crippen LogP contribution in [0.5, 0.6) is 5.75 Å². The molecule has 3 rings (SSSR count). The fraction of sp³-hybridized carbons (Fsp3) is 0.438. The van der Waals surface area contributed by atoms with Crippen molar-refractivity contribution in [3.05, 3.63) is 29.8 Å². The molecular weight excluding hydrogens is 316 g/mol. The number of benzene rings is 1. The number of ether oxygens (including phenoxy) is 1. The Labute approximate surface area is 138 Å². The SMILES string of the molecule is COc1ccc(CN(C(=O)C[C@H]2SC(=O)NC2=O)C2CC2)cc1. The fourth-order valence-corrected chi connectivity index (χ4v) is 3.35. The van der Waals surface area contributed by atoms with Crippen molar-refractivity contribution in [2.45, 2.75) is 37.1 Å². The Kier molecular flexibility index (Phi) is 4.56. The zero-order valence-electron chi connectivity index (χ0n) is 12.8. The van der Waals surface area contributed by atoms with Gasteiger partial charge >= 0.3 is 0 Å². The van der Waals surface area contributed by atoms with E-state index in [1.807, 2.05) is 29.2 Å². The van der Waals surface area contributed by atoms with Crippen molar-refractivity contribution in [3.63, 3.8) is 0 Å². The number of amides is 3. The normalized spacial score (nSPS) is 20.3. The first-order valence-corrected chi connectivity index (χ1v) is 8.38. The zero-order valence-corrected chi connectivity index (χ0v) is 13.6. The van der Waals surface area contributed by atoms with Gasteiger partial charge in [-0.1, -0.05) is 23.9 Å². The van der Waals surface area contributed by atoms with Crippen LogP contribution in [0.4, 0.5) is 4.79 Å². The first-order chi connectivity index (χ1) is 11.1. The minimum atomic E-state index is -0.605. The molecule has 3 amide bonds. The van der Waals surface area contributed by atoms with Crippen LogP contribution >= 0.6 is 11.8 Å². The Hall–Kier alpha value is -2.02. The van der Waals surface area contributed by atoms with Gasteiger partial charge in [0.1, 0.15) is 11.0 Å². The molecule has 1 aromatic rings. The van der Waals surface area contributed by atoms with Crippen molar-refractivity contribution < 1.29 is 19.1 Å². The second kappa shape index (κ2) is 6.62. The van der Waals surface area contributed by atoms with Crippen LogP contribution in [-0.4, -0.2) is 40.4 Å². The molecule has 122 valence electrons. The van der Waals surface area contributed by atoms with Crippen molar-refractivity contribution in [1.29, 1.82) is 0 Å². The molecule has 1 aliphatic heterocycles. The Morgan fingerprint density at radius 2 is 2.00 bits per heavy atom. The highest BCUT2D eigenvalue weighted by atomic mass is 32.2. The summed E-state index contributed by atoms with van der Waals surface area (Å²) in [5.41, 5.74) is 1.02. The molecule has 1 aliphatic carbocycles. The van der Waals surface area contributed by atoms with Gasteiger partial charge in [0.2, 0.25) is 11.8 Å². The van der Waals surface area contributed by atoms with Gasteiger partial charge in [-0.15, -0.1) is 0 Å². The second-order valence-electron chi connectivity index (χ2n) is 5.69. The Bertz CT molecular complexity index is 627. The highest BCUT2D eigenvalue weighted by molar-refractivity contribution is 8.15. The highest BCUT2D eigenvalue weighted by Gasteiger charge is 2.38. The van der Waals surface area contributed by atoms with Gasteiger partial charge in [0, 0.05) is 19.0 Å². The lowest BCUT2D eigenvalue weighted by Crippen LogP contribution is -2.36. The fourth-order valence-electron chi connectivity index (χ4n) is 2.54. The zero-order chi connectivity index (χ0) is 16.4. The molecule has 7 heteroatoms. The van der Waals surface area contributed by atoms with E-state index in [0.29, 0.717) is 6.54 Å². The van der Waals surface area contributed by atoms with Crippen LogP contribution in [0.2, 0.25) is 0 Å². The molecule has 0 spiro atoms. The summed E-state index contributed by atoms with van der Waals surface area (Å²) in [6.45, 7) is 0.514. The van der Waals surface area contributed by atoms with Gasteiger partial charge in [-0.25, -0.2) is 0 Å². The second-order valence-corrected chi connectivity index (χ2v) is 6.86. The number of methoxy groups -OCH3 is 1. The van der Waals surface area contributed by atoms with Gasteiger partial charge < -0.3 is 9.64 Å². The number of nitrogens with zero attached hydrogens (tertiary/aromatic N) is 1. The van der Waals surface area contributed by atoms with E-state index in [2.05, 4.69) is 5.32 Å². The van der Waals surface area contributed by atoms with Crippen LogP contribution < -0.4 is 10.1 Å². The largest absolute Gasteiger partial charge is 0.497 e. The van der Waals surface area contributed by atoms with E-state index in [9.17, 15) is 14.4 Å². The van der Waals surface area contributed by atoms with E-state index in [1.165, 1.54) is 0 Å². The van der Waals surface area contributed by atoms with Gasteiger partial charge in [-0.2, -0.15) is 0 Å². The van der Waals surface area contributed by atoms with Gasteiger partial charge in [0.15, 0.2) is 0 Å². The molecule has 2 fully saturated rings. The summed E-state index contributed by atoms with van der Waals surface area (Å²) in [5, 5.41) is 1.24. The van der Waals surface area contributed by atoms with E-state index in [1.54, 1.807) is 7.11 Å². The average Bonchev–Trinajstić information content (AvgIpc) is 3.32. The predicted octanol–water partition coefficient (Wildman–Crippen LogP) is 1.93. The van der Waals surface area contributed by atoms with Gasteiger partial charge in [-0.3, -0.25) is 19.7 Å². The van der Waals surface area contributed by atoms with Crippen molar-refractivity contribution in [1.82, 2.24) is 10.2 Å². The molecule has 1 N–H and O–H groups in total. The minimum Gasteiger partial charge on any atom is -0.497 e. The number of nitrogens with one attached hydrogen (secondary N) is 1. The smallest absolute Gasteiger partial charge is 0.286 e. The van der Waals surface area contributed by atoms with Crippen LogP contribution in [0.1, 0.15) is 24.8 Å². The molecular formula is C16H18N2O4S. The molecule has 1 heterocycles. The lowest BCUT2D eigenvalue weighted by molar-refractivity contribution is -0.134. The number of imide groups is 1. The summed E-state index contributed by atoms with van der Waals surface area (Å²) in [7, 11) is 1.61. The first-order valence-electron chi connectivity index (χ1n) is 7.50. The Balaban J connectivity index is 1.65. The minimum absolute atomic E-state index is 0.0644. The molecule has 1 saturated heterocycles. The number of carbonyl (C=O) groups excluding carboxylic acids is 3. The Morgan fingerprint density at radius 3 is 2.52 bits per heavy atom. The van der Waals surface area contributed by atoms with Crippen LogP contribution in [0, 0.1) is 0 Å². The number of rotatable bonds is 6. The predicted molar refractivity (Wildman–Crippen MR) is 86.1 cm³/mol. The summed E-state index contributed by atoms with van der Waals surface area (Å²) >= 11 is 0.899. The Morgan fingerprint density at radius 1 is 1.30 bits per heavy atom. The summed E-state index contributed by atoms with van der Waals surface area (Å²) in [4.78, 5) is 37.2. The van der Waals surface area contributed by atoms with E-state index in [0.717, 1.165) is 35.9 Å². The lowest BCUT2D eigenvalue weighted by Gasteiger charge is -2.23. The number of carbonyl (C=O) groups is 3. The van der Waals surface area contributed by atoms with Crippen LogP contribution in [0.15, 0.2) is 24.3 Å². The summed E-state index contributed by atoms with van der Waals surface area (Å²) in [6, 6.07) is 7.84. The topological polar surface area (TPSA) is 75.7 Å². The molecule has 2 aliphatic rings. The van der Waals surface area contributed by atoms with Crippen LogP contribution in [0.25, 0.3) is 0 Å². The maximum absolute atomic E-state index is 12.6. The third-order valence-corrected chi connectivity index (χ3v) is 4.93. The lowest BCUT2D eigenvalue weighted by atomic mass is 10.1. The van der Waals surface area contributed by atoms with E-state index in [4.69, 9.17) is 4.74 Å². The molecule has 0 bridgehead atoms. The third-order valence-electron chi connectivity index (χ3n) is 3.95. The monoisotopic (exact) mass is 334 g/mol. The number of hydrogen-bond acceptors (Lipinski definition) is 5. The summed E-state index contributed by atoms with van der Waals surface area (Å²) in [5.74, 6) is 0.329. The van der Waals surface area contributed by atoms with Crippen molar-refractivity contribution in [3.8, 4) is 5.75 Å². The van der Waals surface area contributed by atoms with E-state index >= 15 is 0 Å². The average molecular weight is 334 g/mol. The molecule has 6 nitrogen and oxygen atoms in total. The maximum Gasteiger partial charge on any atom is 0.286 e. The van der Waals surface area contributed by atoms with Gasteiger partial charge in [-0.05, 0) is 30.5 Å². The van der Waals surface area contributed by atoms with Crippen molar-refractivity contribution in [2.24, 2.45) is 0 Å².